The number of aliphatic carboxylic acids is 1. The first-order valence-electron chi connectivity index (χ1n) is 4.95. The maximum absolute atomic E-state index is 11.2. The Morgan fingerprint density at radius 3 is 1.92 bits per heavy atom. The third kappa shape index (κ3) is 0.970. The summed E-state index contributed by atoms with van der Waals surface area (Å²) in [7, 11) is 0. The zero-order valence-corrected chi connectivity index (χ0v) is 7.55. The molecular formula is C10H16O2. The molecule has 0 aliphatic heterocycles. The highest BCUT2D eigenvalue weighted by Gasteiger charge is 2.57. The zero-order valence-electron chi connectivity index (χ0n) is 7.55. The molecule has 0 radical (unpaired) electrons. The van der Waals surface area contributed by atoms with Gasteiger partial charge in [0.1, 0.15) is 0 Å². The summed E-state index contributed by atoms with van der Waals surface area (Å²) in [6.07, 6.45) is 5.43. The molecule has 1 N–H and O–H groups in total. The van der Waals surface area contributed by atoms with E-state index in [1.54, 1.807) is 0 Å². The van der Waals surface area contributed by atoms with Crippen molar-refractivity contribution in [3.05, 3.63) is 0 Å². The molecule has 0 amide bonds. The largest absolute Gasteiger partial charge is 0.481 e. The maximum Gasteiger partial charge on any atom is 0.310 e. The van der Waals surface area contributed by atoms with E-state index in [0.717, 1.165) is 32.1 Å². The summed E-state index contributed by atoms with van der Waals surface area (Å²) in [6, 6.07) is 0. The van der Waals surface area contributed by atoms with Gasteiger partial charge >= 0.3 is 5.97 Å². The van der Waals surface area contributed by atoms with E-state index in [2.05, 4.69) is 0 Å². The topological polar surface area (TPSA) is 37.3 Å². The minimum atomic E-state index is -0.532. The number of carboxylic acid groups (broad SMARTS) is 1. The second kappa shape index (κ2) is 2.48. The van der Waals surface area contributed by atoms with E-state index in [9.17, 15) is 9.90 Å². The lowest BCUT2D eigenvalue weighted by molar-refractivity contribution is -0.152. The number of rotatable bonds is 4. The molecule has 2 heteroatoms. The Bertz CT molecular complexity index is 190. The molecule has 2 rings (SSSR count). The predicted molar refractivity (Wildman–Crippen MR) is 45.8 cm³/mol. The molecule has 68 valence electrons. The number of hydrogen-bond donors (Lipinski definition) is 1. The van der Waals surface area contributed by atoms with Gasteiger partial charge in [0, 0.05) is 0 Å². The monoisotopic (exact) mass is 168 g/mol. The normalized spacial score (nSPS) is 24.1. The Hall–Kier alpha value is -0.530. The van der Waals surface area contributed by atoms with Gasteiger partial charge in [0.2, 0.25) is 0 Å². The molecule has 0 saturated heterocycles. The average Bonchev–Trinajstić information content (AvgIpc) is 2.84. The van der Waals surface area contributed by atoms with Crippen molar-refractivity contribution in [3.8, 4) is 0 Å². The summed E-state index contributed by atoms with van der Waals surface area (Å²) >= 11 is 0. The molecule has 2 fully saturated rings. The van der Waals surface area contributed by atoms with E-state index in [1.165, 1.54) is 0 Å². The van der Waals surface area contributed by atoms with Gasteiger partial charge in [-0.15, -0.1) is 0 Å². The first-order chi connectivity index (χ1) is 5.71. The van der Waals surface area contributed by atoms with Gasteiger partial charge in [-0.1, -0.05) is 6.92 Å². The molecular weight excluding hydrogens is 152 g/mol. The van der Waals surface area contributed by atoms with Gasteiger partial charge < -0.3 is 5.11 Å². The maximum atomic E-state index is 11.2. The predicted octanol–water partition coefficient (Wildman–Crippen LogP) is 2.29. The van der Waals surface area contributed by atoms with Gasteiger partial charge in [-0.25, -0.2) is 0 Å². The lowest BCUT2D eigenvalue weighted by Crippen LogP contribution is -2.34. The van der Waals surface area contributed by atoms with Gasteiger partial charge in [-0.05, 0) is 43.9 Å². The fraction of sp³-hybridized carbons (Fsp3) is 0.900. The quantitative estimate of drug-likeness (QED) is 0.699. The molecule has 0 bridgehead atoms. The molecule has 0 aromatic heterocycles. The van der Waals surface area contributed by atoms with E-state index in [4.69, 9.17) is 0 Å². The first-order valence-corrected chi connectivity index (χ1v) is 4.95. The molecule has 2 aliphatic carbocycles. The molecule has 0 atom stereocenters. The van der Waals surface area contributed by atoms with Crippen LogP contribution < -0.4 is 0 Å². The van der Waals surface area contributed by atoms with Crippen LogP contribution in [0.2, 0.25) is 0 Å². The van der Waals surface area contributed by atoms with Gasteiger partial charge in [-0.3, -0.25) is 4.79 Å². The second-order valence-corrected chi connectivity index (χ2v) is 4.25. The van der Waals surface area contributed by atoms with E-state index in [-0.39, 0.29) is 5.41 Å². The number of carboxylic acids is 1. The highest BCUT2D eigenvalue weighted by molar-refractivity contribution is 5.76. The van der Waals surface area contributed by atoms with Crippen molar-refractivity contribution in [2.45, 2.75) is 39.0 Å². The fourth-order valence-electron chi connectivity index (χ4n) is 2.61. The van der Waals surface area contributed by atoms with Gasteiger partial charge in [0.15, 0.2) is 0 Å². The van der Waals surface area contributed by atoms with Crippen molar-refractivity contribution in [3.63, 3.8) is 0 Å². The Morgan fingerprint density at radius 2 is 1.75 bits per heavy atom. The van der Waals surface area contributed by atoms with Crippen LogP contribution in [0.3, 0.4) is 0 Å². The van der Waals surface area contributed by atoms with Crippen molar-refractivity contribution < 1.29 is 9.90 Å². The Labute approximate surface area is 73.0 Å². The molecule has 0 aromatic rings. The average molecular weight is 168 g/mol. The highest BCUT2D eigenvalue weighted by Crippen LogP contribution is 2.59. The van der Waals surface area contributed by atoms with Crippen LogP contribution >= 0.6 is 0 Å². The molecule has 0 spiro atoms. The van der Waals surface area contributed by atoms with E-state index < -0.39 is 5.97 Å². The summed E-state index contributed by atoms with van der Waals surface area (Å²) in [5, 5.41) is 9.24. The molecule has 2 aliphatic rings. The molecule has 2 nitrogen and oxygen atoms in total. The number of carbonyl (C=O) groups is 1. The van der Waals surface area contributed by atoms with Gasteiger partial charge in [-0.2, -0.15) is 0 Å². The van der Waals surface area contributed by atoms with Crippen LogP contribution in [0.1, 0.15) is 39.0 Å². The van der Waals surface area contributed by atoms with Gasteiger partial charge in [0.25, 0.3) is 0 Å². The Kier molecular flexibility index (Phi) is 1.67. The minimum Gasteiger partial charge on any atom is -0.481 e. The van der Waals surface area contributed by atoms with Crippen LogP contribution in [-0.4, -0.2) is 11.1 Å². The minimum absolute atomic E-state index is 0.319. The zero-order chi connectivity index (χ0) is 8.77. The van der Waals surface area contributed by atoms with Crippen LogP contribution in [-0.2, 0) is 4.79 Å². The first kappa shape index (κ1) is 8.09. The van der Waals surface area contributed by atoms with Gasteiger partial charge in [0.05, 0.1) is 5.41 Å². The van der Waals surface area contributed by atoms with Crippen LogP contribution in [0.25, 0.3) is 0 Å². The SMILES string of the molecule is CCC(C(=O)O)(C1CC1)C1CC1. The summed E-state index contributed by atoms with van der Waals surface area (Å²) < 4.78 is 0. The van der Waals surface area contributed by atoms with Crippen LogP contribution in [0.4, 0.5) is 0 Å². The standard InChI is InChI=1S/C10H16O2/c1-2-10(9(11)12,7-3-4-7)8-5-6-8/h7-8H,2-6H2,1H3,(H,11,12). The van der Waals surface area contributed by atoms with Crippen molar-refractivity contribution in [1.29, 1.82) is 0 Å². The third-order valence-electron chi connectivity index (χ3n) is 3.59. The molecule has 0 aromatic carbocycles. The molecule has 0 heterocycles. The van der Waals surface area contributed by atoms with Crippen molar-refractivity contribution in [2.75, 3.05) is 0 Å². The number of hydrogen-bond acceptors (Lipinski definition) is 1. The lowest BCUT2D eigenvalue weighted by Gasteiger charge is -2.27. The summed E-state index contributed by atoms with van der Waals surface area (Å²) in [5.41, 5.74) is -0.319. The van der Waals surface area contributed by atoms with E-state index in [0.29, 0.717) is 11.8 Å². The summed E-state index contributed by atoms with van der Waals surface area (Å²) in [4.78, 5) is 11.2. The highest BCUT2D eigenvalue weighted by atomic mass is 16.4. The Balaban J connectivity index is 2.21. The van der Waals surface area contributed by atoms with Crippen molar-refractivity contribution >= 4 is 5.97 Å². The van der Waals surface area contributed by atoms with Crippen molar-refractivity contribution in [2.24, 2.45) is 17.3 Å². The van der Waals surface area contributed by atoms with Crippen LogP contribution in [0, 0.1) is 17.3 Å². The van der Waals surface area contributed by atoms with E-state index in [1.807, 2.05) is 6.92 Å². The Morgan fingerprint density at radius 1 is 1.33 bits per heavy atom. The molecule has 0 unspecified atom stereocenters. The fourth-order valence-corrected chi connectivity index (χ4v) is 2.61. The second-order valence-electron chi connectivity index (χ2n) is 4.25. The molecule has 12 heavy (non-hydrogen) atoms. The third-order valence-corrected chi connectivity index (χ3v) is 3.59. The smallest absolute Gasteiger partial charge is 0.310 e. The van der Waals surface area contributed by atoms with E-state index >= 15 is 0 Å². The van der Waals surface area contributed by atoms with Crippen LogP contribution in [0.5, 0.6) is 0 Å². The lowest BCUT2D eigenvalue weighted by atomic mass is 9.75. The molecule has 2 saturated carbocycles. The van der Waals surface area contributed by atoms with Crippen molar-refractivity contribution in [1.82, 2.24) is 0 Å². The summed E-state index contributed by atoms with van der Waals surface area (Å²) in [5.74, 6) is 0.481. The van der Waals surface area contributed by atoms with Crippen LogP contribution in [0.15, 0.2) is 0 Å². The summed E-state index contributed by atoms with van der Waals surface area (Å²) in [6.45, 7) is 2.03.